The van der Waals surface area contributed by atoms with E-state index in [9.17, 15) is 0 Å². The van der Waals surface area contributed by atoms with Gasteiger partial charge >= 0.3 is 0 Å². The van der Waals surface area contributed by atoms with Gasteiger partial charge in [-0.3, -0.25) is 0 Å². The van der Waals surface area contributed by atoms with Crippen molar-refractivity contribution in [2.75, 3.05) is 0 Å². The van der Waals surface area contributed by atoms with Gasteiger partial charge in [-0.25, -0.2) is 0 Å². The van der Waals surface area contributed by atoms with Gasteiger partial charge < -0.3 is 0 Å². The van der Waals surface area contributed by atoms with E-state index in [0.29, 0.717) is 5.41 Å². The molecule has 0 fully saturated rings. The van der Waals surface area contributed by atoms with E-state index in [1.54, 1.807) is 0 Å². The smallest absolute Gasteiger partial charge is 0.134 e. The van der Waals surface area contributed by atoms with Crippen LogP contribution in [0.1, 0.15) is 50.5 Å². The third kappa shape index (κ3) is 2.00. The van der Waals surface area contributed by atoms with Gasteiger partial charge in [-0.2, -0.15) is 0 Å². The number of aryl methyl sites for hydroxylation is 2. The highest BCUT2D eigenvalue weighted by Gasteiger charge is 2.53. The normalized spacial score (nSPS) is 17.9. The van der Waals surface area contributed by atoms with Crippen LogP contribution in [0.25, 0.3) is 0 Å². The Morgan fingerprint density at radius 1 is 0.826 bits per heavy atom. The molecule has 2 aromatic heterocycles. The first-order chi connectivity index (χ1) is 11.1. The molecule has 0 unspecified atom stereocenters. The summed E-state index contributed by atoms with van der Waals surface area (Å²) in [6.45, 7) is 12.9. The van der Waals surface area contributed by atoms with Gasteiger partial charge in [0, 0.05) is 25.7 Å². The number of aromatic nitrogens is 6. The molecule has 0 amide bonds. The maximum Gasteiger partial charge on any atom is 0.171 e. The minimum absolute atomic E-state index is 0.304. The van der Waals surface area contributed by atoms with Gasteiger partial charge in [0.2, 0.25) is 0 Å². The van der Waals surface area contributed by atoms with Crippen molar-refractivity contribution in [3.8, 4) is 0 Å². The van der Waals surface area contributed by atoms with Gasteiger partial charge in [0.25, 0.3) is 0 Å². The molecular weight excluding hydrogens is 288 g/mol. The molecule has 2 aliphatic heterocycles. The molecule has 0 aromatic carbocycles. The van der Waals surface area contributed by atoms with E-state index in [1.165, 1.54) is 22.8 Å². The topological polar surface area (TPSA) is 43.4 Å². The SMILES string of the molecule is CCc1c2n(n[n+]1CC)CC1(C2)Cc2c(CC)[n+](CC)nn2C1. The number of fused-ring (bicyclic) bond motifs is 2. The summed E-state index contributed by atoms with van der Waals surface area (Å²) < 4.78 is 8.90. The van der Waals surface area contributed by atoms with Crippen molar-refractivity contribution in [1.82, 2.24) is 19.8 Å². The Morgan fingerprint density at radius 2 is 1.26 bits per heavy atom. The molecule has 1 spiro atoms. The van der Waals surface area contributed by atoms with E-state index in [-0.39, 0.29) is 0 Å². The van der Waals surface area contributed by atoms with Crippen LogP contribution in [0, 0.1) is 5.41 Å². The first-order valence-electron chi connectivity index (χ1n) is 9.12. The van der Waals surface area contributed by atoms with Crippen LogP contribution in [0.4, 0.5) is 0 Å². The second kappa shape index (κ2) is 5.14. The van der Waals surface area contributed by atoms with Gasteiger partial charge in [0.1, 0.15) is 26.2 Å². The zero-order valence-electron chi connectivity index (χ0n) is 14.8. The molecular formula is C17H28N6+2. The molecule has 0 aliphatic carbocycles. The molecule has 6 heteroatoms. The summed E-state index contributed by atoms with van der Waals surface area (Å²) in [4.78, 5) is 0. The molecule has 0 saturated heterocycles. The van der Waals surface area contributed by atoms with Crippen LogP contribution in [-0.4, -0.2) is 19.8 Å². The minimum atomic E-state index is 0.304. The van der Waals surface area contributed by atoms with Crippen molar-refractivity contribution in [3.05, 3.63) is 22.8 Å². The highest BCUT2D eigenvalue weighted by molar-refractivity contribution is 5.21. The monoisotopic (exact) mass is 316 g/mol. The molecule has 4 heterocycles. The van der Waals surface area contributed by atoms with Gasteiger partial charge in [-0.15, -0.1) is 18.7 Å². The summed E-state index contributed by atoms with van der Waals surface area (Å²) in [6, 6.07) is 0. The molecule has 0 saturated carbocycles. The lowest BCUT2D eigenvalue weighted by Gasteiger charge is -2.15. The predicted molar refractivity (Wildman–Crippen MR) is 84.8 cm³/mol. The maximum atomic E-state index is 4.82. The molecule has 0 bridgehead atoms. The Balaban J connectivity index is 1.66. The number of hydrogen-bond acceptors (Lipinski definition) is 2. The van der Waals surface area contributed by atoms with Crippen LogP contribution in [0.5, 0.6) is 0 Å². The van der Waals surface area contributed by atoms with E-state index in [4.69, 9.17) is 10.4 Å². The van der Waals surface area contributed by atoms with Crippen LogP contribution >= 0.6 is 0 Å². The molecule has 2 aromatic rings. The quantitative estimate of drug-likeness (QED) is 0.776. The van der Waals surface area contributed by atoms with Crippen molar-refractivity contribution in [2.24, 2.45) is 5.41 Å². The van der Waals surface area contributed by atoms with Gasteiger partial charge in [-0.05, 0) is 13.8 Å². The summed E-state index contributed by atoms with van der Waals surface area (Å²) in [6.07, 6.45) is 4.43. The Morgan fingerprint density at radius 3 is 1.61 bits per heavy atom. The summed E-state index contributed by atoms with van der Waals surface area (Å²) in [5.41, 5.74) is 6.07. The second-order valence-electron chi connectivity index (χ2n) is 7.07. The van der Waals surface area contributed by atoms with Crippen molar-refractivity contribution in [3.63, 3.8) is 0 Å². The molecule has 23 heavy (non-hydrogen) atoms. The lowest BCUT2D eigenvalue weighted by molar-refractivity contribution is -0.759. The highest BCUT2D eigenvalue weighted by Crippen LogP contribution is 2.42. The van der Waals surface area contributed by atoms with E-state index in [0.717, 1.165) is 51.9 Å². The molecule has 4 rings (SSSR count). The fraction of sp³-hybridized carbons (Fsp3) is 0.765. The van der Waals surface area contributed by atoms with Crippen molar-refractivity contribution < 1.29 is 9.36 Å². The summed E-state index contributed by atoms with van der Waals surface area (Å²) in [5.74, 6) is 0. The standard InChI is InChI=1S/C17H28N6/c1-5-13-15-9-17(11-22(15)18-20(13)7-3)10-16-14(6-2)21(8-4)19-23(16)12-17/h5-12H2,1-4H3/q+2. The number of rotatable bonds is 4. The van der Waals surface area contributed by atoms with Crippen LogP contribution < -0.4 is 9.36 Å². The molecule has 0 atom stereocenters. The average Bonchev–Trinajstić information content (AvgIpc) is 3.23. The molecule has 0 N–H and O–H groups in total. The average molecular weight is 316 g/mol. The van der Waals surface area contributed by atoms with Crippen LogP contribution in [0.2, 0.25) is 0 Å². The van der Waals surface area contributed by atoms with E-state index >= 15 is 0 Å². The third-order valence-corrected chi connectivity index (χ3v) is 5.67. The van der Waals surface area contributed by atoms with Gasteiger partial charge in [0.15, 0.2) is 22.8 Å². The molecule has 0 radical (unpaired) electrons. The fourth-order valence-corrected chi connectivity index (χ4v) is 4.68. The first kappa shape index (κ1) is 14.8. The van der Waals surface area contributed by atoms with Crippen molar-refractivity contribution >= 4 is 0 Å². The Hall–Kier alpha value is -1.72. The lowest BCUT2D eigenvalue weighted by Crippen LogP contribution is -2.42. The summed E-state index contributed by atoms with van der Waals surface area (Å²) in [7, 11) is 0. The minimum Gasteiger partial charge on any atom is -0.134 e. The molecule has 6 nitrogen and oxygen atoms in total. The van der Waals surface area contributed by atoms with E-state index in [2.05, 4.69) is 46.4 Å². The van der Waals surface area contributed by atoms with E-state index < -0.39 is 0 Å². The highest BCUT2D eigenvalue weighted by atomic mass is 15.5. The zero-order valence-corrected chi connectivity index (χ0v) is 14.8. The van der Waals surface area contributed by atoms with Crippen LogP contribution in [-0.2, 0) is 51.9 Å². The lowest BCUT2D eigenvalue weighted by atomic mass is 9.83. The Labute approximate surface area is 137 Å². The second-order valence-corrected chi connectivity index (χ2v) is 7.07. The van der Waals surface area contributed by atoms with Crippen LogP contribution in [0.3, 0.4) is 0 Å². The van der Waals surface area contributed by atoms with Crippen LogP contribution in [0.15, 0.2) is 0 Å². The van der Waals surface area contributed by atoms with E-state index in [1.807, 2.05) is 0 Å². The summed E-state index contributed by atoms with van der Waals surface area (Å²) >= 11 is 0. The zero-order chi connectivity index (χ0) is 16.2. The van der Waals surface area contributed by atoms with Crippen molar-refractivity contribution in [2.45, 2.75) is 79.6 Å². The first-order valence-corrected chi connectivity index (χ1v) is 9.12. The number of nitrogens with zero attached hydrogens (tertiary/aromatic N) is 6. The maximum absolute atomic E-state index is 4.82. The van der Waals surface area contributed by atoms with Gasteiger partial charge in [0.05, 0.1) is 15.8 Å². The molecule has 2 aliphatic rings. The third-order valence-electron chi connectivity index (χ3n) is 5.67. The van der Waals surface area contributed by atoms with Crippen molar-refractivity contribution in [1.29, 1.82) is 0 Å². The summed E-state index contributed by atoms with van der Waals surface area (Å²) in [5, 5.41) is 9.64. The fourth-order valence-electron chi connectivity index (χ4n) is 4.68. The van der Waals surface area contributed by atoms with Gasteiger partial charge in [-0.1, -0.05) is 13.8 Å². The Kier molecular flexibility index (Phi) is 3.32. The predicted octanol–water partition coefficient (Wildman–Crippen LogP) is 0.618. The number of hydrogen-bond donors (Lipinski definition) is 0. The molecule has 124 valence electrons. The Bertz CT molecular complexity index is 689. The largest absolute Gasteiger partial charge is 0.171 e.